The highest BCUT2D eigenvalue weighted by atomic mass is 16.3. The normalized spacial score (nSPS) is 20.6. The van der Waals surface area contributed by atoms with Crippen LogP contribution >= 0.6 is 0 Å². The van der Waals surface area contributed by atoms with Crippen molar-refractivity contribution in [1.82, 2.24) is 0 Å². The second-order valence-electron chi connectivity index (χ2n) is 8.01. The zero-order valence-corrected chi connectivity index (χ0v) is 17.1. The summed E-state index contributed by atoms with van der Waals surface area (Å²) >= 11 is 0. The second-order valence-corrected chi connectivity index (χ2v) is 8.01. The van der Waals surface area contributed by atoms with E-state index in [1.165, 1.54) is 0 Å². The van der Waals surface area contributed by atoms with Crippen LogP contribution in [0.15, 0.2) is 45.8 Å². The van der Waals surface area contributed by atoms with Crippen molar-refractivity contribution in [3.63, 3.8) is 0 Å². The highest BCUT2D eigenvalue weighted by molar-refractivity contribution is 6.25. The van der Waals surface area contributed by atoms with Gasteiger partial charge in [0.05, 0.1) is 5.57 Å². The maximum absolute atomic E-state index is 13.0. The number of ketones is 2. The number of aliphatic hydroxyl groups is 2. The molecular formula is C22H32O4. The summed E-state index contributed by atoms with van der Waals surface area (Å²) in [6.45, 7) is 13.1. The zero-order valence-electron chi connectivity index (χ0n) is 17.1. The van der Waals surface area contributed by atoms with Crippen molar-refractivity contribution in [2.24, 2.45) is 5.92 Å². The maximum atomic E-state index is 13.0. The van der Waals surface area contributed by atoms with E-state index in [9.17, 15) is 19.8 Å². The number of rotatable bonds is 7. The number of aliphatic hydroxyl groups excluding tert-OH is 1. The van der Waals surface area contributed by atoms with Gasteiger partial charge >= 0.3 is 0 Å². The van der Waals surface area contributed by atoms with E-state index < -0.39 is 11.4 Å². The zero-order chi connectivity index (χ0) is 20.2. The van der Waals surface area contributed by atoms with Crippen LogP contribution in [-0.4, -0.2) is 27.4 Å². The minimum atomic E-state index is -2.08. The molecule has 0 aromatic carbocycles. The number of hydrogen-bond donors (Lipinski definition) is 2. The third-order valence-corrected chi connectivity index (χ3v) is 4.50. The molecule has 1 aliphatic carbocycles. The van der Waals surface area contributed by atoms with Crippen LogP contribution < -0.4 is 0 Å². The fraction of sp³-hybridized carbons (Fsp3) is 0.545. The molecule has 0 radical (unpaired) electrons. The molecule has 0 aliphatic heterocycles. The Morgan fingerprint density at radius 3 is 2.12 bits per heavy atom. The highest BCUT2D eigenvalue weighted by Crippen LogP contribution is 2.39. The lowest BCUT2D eigenvalue weighted by Crippen LogP contribution is -2.46. The minimum Gasteiger partial charge on any atom is -0.508 e. The summed E-state index contributed by atoms with van der Waals surface area (Å²) in [5.74, 6) is -1.21. The first-order chi connectivity index (χ1) is 11.9. The van der Waals surface area contributed by atoms with Crippen LogP contribution in [0.5, 0.6) is 0 Å². The van der Waals surface area contributed by atoms with E-state index in [1.807, 2.05) is 47.6 Å². The van der Waals surface area contributed by atoms with Crippen molar-refractivity contribution in [2.45, 2.75) is 73.3 Å². The molecule has 2 N–H and O–H groups in total. The van der Waals surface area contributed by atoms with Gasteiger partial charge in [-0.15, -0.1) is 0 Å². The van der Waals surface area contributed by atoms with E-state index in [0.29, 0.717) is 17.6 Å². The summed E-state index contributed by atoms with van der Waals surface area (Å²) in [7, 11) is 0. The number of Topliss-reactive ketones (excluding diaryl/α,β-unsaturated/α-hetero) is 2. The Morgan fingerprint density at radius 1 is 1.12 bits per heavy atom. The van der Waals surface area contributed by atoms with Gasteiger partial charge in [0.1, 0.15) is 5.76 Å². The number of carbonyl (C=O) groups excluding carboxylic acids is 2. The van der Waals surface area contributed by atoms with Gasteiger partial charge in [0.25, 0.3) is 0 Å². The third-order valence-electron chi connectivity index (χ3n) is 4.50. The highest BCUT2D eigenvalue weighted by Gasteiger charge is 2.48. The first-order valence-electron chi connectivity index (χ1n) is 9.12. The molecule has 1 atom stereocenters. The first-order valence-corrected chi connectivity index (χ1v) is 9.12. The summed E-state index contributed by atoms with van der Waals surface area (Å²) in [6.07, 6.45) is 4.16. The fourth-order valence-electron chi connectivity index (χ4n) is 2.97. The van der Waals surface area contributed by atoms with Crippen molar-refractivity contribution in [1.29, 1.82) is 0 Å². The van der Waals surface area contributed by atoms with Crippen LogP contribution in [0.1, 0.15) is 67.7 Å². The van der Waals surface area contributed by atoms with Crippen molar-refractivity contribution < 1.29 is 19.8 Å². The van der Waals surface area contributed by atoms with Gasteiger partial charge in [0.2, 0.25) is 5.78 Å². The molecule has 0 heterocycles. The standard InChI is InChI=1S/C22H32O4/c1-13(2)8-9-17-16(7)19(18(23)12-15(5)6)21(25)22(26,20(17)24)11-10-14(3)4/h8,10,15,24,26H,9,11-12H2,1-7H3/t22-/m1/s1. The molecule has 26 heavy (non-hydrogen) atoms. The van der Waals surface area contributed by atoms with Gasteiger partial charge in [0, 0.05) is 18.4 Å². The SMILES string of the molecule is CC(C)=CCC1=C(O)[C@](O)(CC=C(C)C)C(=O)C(C(=O)CC(C)C)=C1C. The predicted molar refractivity (Wildman–Crippen MR) is 105 cm³/mol. The Labute approximate surface area is 157 Å². The molecule has 0 unspecified atom stereocenters. The van der Waals surface area contributed by atoms with Crippen molar-refractivity contribution in [3.05, 3.63) is 45.8 Å². The molecule has 1 aliphatic rings. The van der Waals surface area contributed by atoms with Crippen LogP contribution in [0, 0.1) is 5.92 Å². The topological polar surface area (TPSA) is 74.6 Å². The molecule has 0 amide bonds. The minimum absolute atomic E-state index is 0.0262. The van der Waals surface area contributed by atoms with Gasteiger partial charge in [-0.1, -0.05) is 37.1 Å². The smallest absolute Gasteiger partial charge is 0.206 e. The van der Waals surface area contributed by atoms with E-state index in [-0.39, 0.29) is 35.9 Å². The van der Waals surface area contributed by atoms with Gasteiger partial charge in [-0.2, -0.15) is 0 Å². The lowest BCUT2D eigenvalue weighted by atomic mass is 9.74. The molecule has 1 rings (SSSR count). The van der Waals surface area contributed by atoms with E-state index in [0.717, 1.165) is 11.1 Å². The molecular weight excluding hydrogens is 328 g/mol. The van der Waals surface area contributed by atoms with Gasteiger partial charge in [-0.25, -0.2) is 0 Å². The first kappa shape index (κ1) is 22.1. The van der Waals surface area contributed by atoms with Crippen molar-refractivity contribution in [2.75, 3.05) is 0 Å². The lowest BCUT2D eigenvalue weighted by Gasteiger charge is -2.33. The van der Waals surface area contributed by atoms with E-state index in [1.54, 1.807) is 13.0 Å². The molecule has 0 saturated carbocycles. The average Bonchev–Trinajstić information content (AvgIpc) is 2.50. The van der Waals surface area contributed by atoms with Crippen molar-refractivity contribution in [3.8, 4) is 0 Å². The fourth-order valence-corrected chi connectivity index (χ4v) is 2.97. The summed E-state index contributed by atoms with van der Waals surface area (Å²) in [6, 6.07) is 0. The van der Waals surface area contributed by atoms with Gasteiger partial charge < -0.3 is 10.2 Å². The largest absolute Gasteiger partial charge is 0.508 e. The summed E-state index contributed by atoms with van der Waals surface area (Å²) in [4.78, 5) is 25.7. The van der Waals surface area contributed by atoms with Gasteiger partial charge in [0.15, 0.2) is 11.4 Å². The van der Waals surface area contributed by atoms with Gasteiger partial charge in [-0.05, 0) is 52.5 Å². The van der Waals surface area contributed by atoms with Crippen molar-refractivity contribution >= 4 is 11.6 Å². The monoisotopic (exact) mass is 360 g/mol. The molecule has 0 saturated heterocycles. The molecule has 0 aromatic rings. The molecule has 4 nitrogen and oxygen atoms in total. The lowest BCUT2D eigenvalue weighted by molar-refractivity contribution is -0.134. The van der Waals surface area contributed by atoms with Gasteiger partial charge in [-0.3, -0.25) is 9.59 Å². The Balaban J connectivity index is 3.57. The van der Waals surface area contributed by atoms with E-state index >= 15 is 0 Å². The molecule has 144 valence electrons. The quantitative estimate of drug-likeness (QED) is 0.507. The van der Waals surface area contributed by atoms with Crippen LogP contribution in [0.2, 0.25) is 0 Å². The van der Waals surface area contributed by atoms with Crippen LogP contribution in [0.4, 0.5) is 0 Å². The number of carbonyl (C=O) groups is 2. The van der Waals surface area contributed by atoms with Crippen LogP contribution in [0.25, 0.3) is 0 Å². The van der Waals surface area contributed by atoms with Crippen LogP contribution in [0.3, 0.4) is 0 Å². The Bertz CT molecular complexity index is 708. The molecule has 4 heteroatoms. The predicted octanol–water partition coefficient (Wildman–Crippen LogP) is 4.76. The second kappa shape index (κ2) is 8.63. The summed E-state index contributed by atoms with van der Waals surface area (Å²) in [5, 5.41) is 21.8. The van der Waals surface area contributed by atoms with E-state index in [2.05, 4.69) is 0 Å². The van der Waals surface area contributed by atoms with Crippen LogP contribution in [-0.2, 0) is 9.59 Å². The van der Waals surface area contributed by atoms with E-state index in [4.69, 9.17) is 0 Å². The molecule has 0 bridgehead atoms. The Hall–Kier alpha value is -1.94. The molecule has 0 aromatic heterocycles. The Morgan fingerprint density at radius 2 is 1.65 bits per heavy atom. The number of hydrogen-bond acceptors (Lipinski definition) is 4. The third kappa shape index (κ3) is 4.82. The molecule has 0 spiro atoms. The Kier molecular flexibility index (Phi) is 7.34. The number of allylic oxidation sites excluding steroid dienone is 5. The summed E-state index contributed by atoms with van der Waals surface area (Å²) in [5.41, 5.74) is 0.853. The average molecular weight is 360 g/mol. The molecule has 0 fully saturated rings. The summed E-state index contributed by atoms with van der Waals surface area (Å²) < 4.78 is 0. The maximum Gasteiger partial charge on any atom is 0.206 e.